The summed E-state index contributed by atoms with van der Waals surface area (Å²) in [4.78, 5) is 114. The second-order valence-corrected chi connectivity index (χ2v) is 14.2. The number of hydrogen-bond acceptors (Lipinski definition) is 17. The van der Waals surface area contributed by atoms with E-state index < -0.39 is 82.5 Å². The molecule has 0 aromatic rings. The number of hydrogen-bond donors (Lipinski definition) is 7. The van der Waals surface area contributed by atoms with Crippen LogP contribution in [0.15, 0.2) is 24.3 Å². The molecule has 3 fully saturated rings. The molecule has 0 aromatic carbocycles. The first-order valence-corrected chi connectivity index (χ1v) is 18.5. The fraction of sp³-hybridized carbons (Fsp3) is 0.595. The Morgan fingerprint density at radius 1 is 0.597 bits per heavy atom. The van der Waals surface area contributed by atoms with E-state index in [-0.39, 0.29) is 132 Å². The van der Waals surface area contributed by atoms with Crippen molar-refractivity contribution in [2.24, 2.45) is 22.5 Å². The van der Waals surface area contributed by atoms with E-state index in [0.29, 0.717) is 12.0 Å². The minimum Gasteiger partial charge on any atom is -0.480 e. The van der Waals surface area contributed by atoms with Crippen LogP contribution in [0.25, 0.3) is 0 Å². The van der Waals surface area contributed by atoms with Crippen molar-refractivity contribution in [3.05, 3.63) is 31.2 Å². The molecule has 5 aliphatic rings. The number of ether oxygens (including phenoxy) is 4. The Labute approximate surface area is 385 Å². The van der Waals surface area contributed by atoms with E-state index in [9.17, 15) is 47.9 Å². The Morgan fingerprint density at radius 2 is 0.903 bits per heavy atom. The van der Waals surface area contributed by atoms with Gasteiger partial charge in [0.2, 0.25) is 0 Å². The zero-order valence-electron chi connectivity index (χ0n) is 33.7. The molecule has 23 nitrogen and oxygen atoms in total. The van der Waals surface area contributed by atoms with Crippen LogP contribution in [-0.2, 0) is 109 Å². The van der Waals surface area contributed by atoms with Crippen molar-refractivity contribution in [3.8, 4) is 0 Å². The fourth-order valence-corrected chi connectivity index (χ4v) is 6.34. The Hall–Kier alpha value is -4.37. The van der Waals surface area contributed by atoms with E-state index >= 15 is 0 Å². The van der Waals surface area contributed by atoms with Gasteiger partial charge in [-0.25, -0.2) is 0 Å². The van der Waals surface area contributed by atoms with E-state index in [1.807, 2.05) is 0 Å². The van der Waals surface area contributed by atoms with Crippen LogP contribution in [-0.4, -0.2) is 147 Å². The van der Waals surface area contributed by atoms with E-state index in [4.69, 9.17) is 45.1 Å². The maximum atomic E-state index is 11.6. The number of esters is 2. The van der Waals surface area contributed by atoms with Gasteiger partial charge in [-0.05, 0) is 19.3 Å². The average Bonchev–Trinajstić information content (AvgIpc) is 3.62. The van der Waals surface area contributed by atoms with Gasteiger partial charge in [0.1, 0.15) is 18.1 Å². The second-order valence-electron chi connectivity index (χ2n) is 14.2. The molecular weight excluding hydrogens is 1190 g/mol. The first-order chi connectivity index (χ1) is 27.3. The Morgan fingerprint density at radius 3 is 1.16 bits per heavy atom. The number of nitrogens with zero attached hydrogens (tertiary/aromatic N) is 2. The van der Waals surface area contributed by atoms with Gasteiger partial charge < -0.3 is 57.4 Å². The predicted molar refractivity (Wildman–Crippen MR) is 202 cm³/mol. The van der Waals surface area contributed by atoms with Gasteiger partial charge in [0.15, 0.2) is 10.8 Å². The van der Waals surface area contributed by atoms with Crippen molar-refractivity contribution in [2.45, 2.75) is 82.5 Å². The molecule has 12 N–H and O–H groups in total. The minimum atomic E-state index is -1.88. The predicted octanol–water partition coefficient (Wildman–Crippen LogP) is 0.0156. The standard InChI is InChI=1S/2C15H17NO9.C7H14N.2H3N.2Pt/c2*17-10-1-2-11(18)16(10)4-6-24-5-3-12(19)25-9-7-15(8-9,13(20)21)14(22)23;1-6-4-2-3-5-7(6)8;;;;/h2*1-2,9H,3-8H2,(H,20,21)(H,22,23);6-7H,1-5,8H2;2*1H3;;/q;;+1;;;;/t;;6?,7-;;;;/m..1..../s1. The van der Waals surface area contributed by atoms with Gasteiger partial charge in [-0.2, -0.15) is 0 Å². The molecule has 0 spiro atoms. The number of aliphatic carboxylic acids is 4. The maximum Gasteiger partial charge on any atom is 0.321 e. The number of carboxylic acids is 4. The molecule has 2 atom stereocenters. The number of carbonyl (C=O) groups excluding carboxylic acids is 6. The molecule has 1 unspecified atom stereocenters. The van der Waals surface area contributed by atoms with Gasteiger partial charge in [-0.1, -0.05) is 6.42 Å². The Balaban J connectivity index is 0. The van der Waals surface area contributed by atoms with E-state index in [0.717, 1.165) is 34.1 Å². The third kappa shape index (κ3) is 16.4. The SMILES string of the molecule is N.N.O=C(CCOCCN1C(=O)C=CC1=O)OC1CC(C(=O)O)(C(=O)O)C1.O=C(CCOCCN1C(=O)C=CC1=O)OC1CC(C(=O)O)(C(=O)O)C1.[CH2+]C1CCCC[C@H]1N.[Pt].[Pt]. The number of carboxylic acid groups (broad SMARTS) is 4. The summed E-state index contributed by atoms with van der Waals surface area (Å²) in [6, 6.07) is 0.392. The van der Waals surface area contributed by atoms with Crippen LogP contribution < -0.4 is 18.0 Å². The topological polar surface area (TPSA) is 391 Å². The summed E-state index contributed by atoms with van der Waals surface area (Å²) in [6.07, 6.45) is 6.94. The molecule has 0 aromatic heterocycles. The van der Waals surface area contributed by atoms with E-state index in [2.05, 4.69) is 6.92 Å². The van der Waals surface area contributed by atoms with Crippen LogP contribution in [0.1, 0.15) is 64.2 Å². The summed E-state index contributed by atoms with van der Waals surface area (Å²) in [7, 11) is 0. The summed E-state index contributed by atoms with van der Waals surface area (Å²) in [6.45, 7) is 4.23. The molecule has 354 valence electrons. The molecule has 4 amide bonds. The molecule has 3 saturated carbocycles. The second kappa shape index (κ2) is 27.6. The third-order valence-corrected chi connectivity index (χ3v) is 10.1. The summed E-state index contributed by atoms with van der Waals surface area (Å²) in [5.74, 6) is -8.20. The van der Waals surface area contributed by atoms with E-state index in [1.165, 1.54) is 25.7 Å². The van der Waals surface area contributed by atoms with Gasteiger partial charge in [0.25, 0.3) is 23.6 Å². The Bertz CT molecular complexity index is 1490. The van der Waals surface area contributed by atoms with Gasteiger partial charge >= 0.3 is 35.8 Å². The summed E-state index contributed by atoms with van der Waals surface area (Å²) in [5, 5.41) is 35.7. The molecule has 5 rings (SSSR count). The molecule has 2 aliphatic heterocycles. The van der Waals surface area contributed by atoms with Crippen molar-refractivity contribution in [1.29, 1.82) is 0 Å². The van der Waals surface area contributed by atoms with Crippen LogP contribution in [0, 0.1) is 23.7 Å². The Kier molecular flexibility index (Phi) is 26.6. The summed E-state index contributed by atoms with van der Waals surface area (Å²) in [5.41, 5.74) is 1.95. The average molecular weight is 1250 g/mol. The molecule has 3 aliphatic carbocycles. The fourth-order valence-electron chi connectivity index (χ4n) is 6.34. The maximum absolute atomic E-state index is 11.6. The van der Waals surface area contributed by atoms with Crippen molar-refractivity contribution < 1.29 is 129 Å². The van der Waals surface area contributed by atoms with Gasteiger partial charge in [-0.3, -0.25) is 57.7 Å². The smallest absolute Gasteiger partial charge is 0.321 e. The van der Waals surface area contributed by atoms with Gasteiger partial charge in [0, 0.05) is 98.2 Å². The zero-order valence-corrected chi connectivity index (χ0v) is 38.2. The number of carbonyl (C=O) groups is 10. The van der Waals surface area contributed by atoms with Crippen molar-refractivity contribution in [3.63, 3.8) is 0 Å². The number of imide groups is 2. The first-order valence-electron chi connectivity index (χ1n) is 18.5. The van der Waals surface area contributed by atoms with Crippen molar-refractivity contribution >= 4 is 59.4 Å². The molecule has 2 heterocycles. The van der Waals surface area contributed by atoms with Crippen LogP contribution in [0.5, 0.6) is 0 Å². The summed E-state index contributed by atoms with van der Waals surface area (Å²) < 4.78 is 20.3. The quantitative estimate of drug-likeness (QED) is 0.0313. The monoisotopic (exact) mass is 1250 g/mol. The molecule has 0 saturated heterocycles. The minimum absolute atomic E-state index is 0. The van der Waals surface area contributed by atoms with Gasteiger partial charge in [-0.15, -0.1) is 0 Å². The molecule has 62 heavy (non-hydrogen) atoms. The normalized spacial score (nSPS) is 20.4. The van der Waals surface area contributed by atoms with Crippen LogP contribution >= 0.6 is 0 Å². The molecule has 0 radical (unpaired) electrons. The van der Waals surface area contributed by atoms with E-state index in [1.54, 1.807) is 0 Å². The van der Waals surface area contributed by atoms with Crippen LogP contribution in [0.2, 0.25) is 0 Å². The molecule has 25 heteroatoms. The first kappa shape index (κ1) is 59.7. The number of nitrogens with two attached hydrogens (primary N) is 1. The molecule has 0 bridgehead atoms. The molecular formula is C37H54N5O18Pt2+. The summed E-state index contributed by atoms with van der Waals surface area (Å²) >= 11 is 0. The third-order valence-electron chi connectivity index (χ3n) is 10.1. The number of amides is 4. The van der Waals surface area contributed by atoms with Crippen molar-refractivity contribution in [1.82, 2.24) is 22.1 Å². The zero-order chi connectivity index (χ0) is 43.2. The number of rotatable bonds is 18. The van der Waals surface area contributed by atoms with Crippen LogP contribution in [0.4, 0.5) is 0 Å². The largest absolute Gasteiger partial charge is 0.480 e. The van der Waals surface area contributed by atoms with Crippen LogP contribution in [0.3, 0.4) is 0 Å². The van der Waals surface area contributed by atoms with Gasteiger partial charge in [0.05, 0.1) is 59.3 Å². The van der Waals surface area contributed by atoms with Crippen molar-refractivity contribution in [2.75, 3.05) is 39.5 Å².